The second-order valence-corrected chi connectivity index (χ2v) is 4.44. The molecule has 2 unspecified atom stereocenters. The van der Waals surface area contributed by atoms with Crippen LogP contribution in [0, 0.1) is 5.92 Å². The van der Waals surface area contributed by atoms with Gasteiger partial charge in [-0.3, -0.25) is 0 Å². The Morgan fingerprint density at radius 2 is 2.35 bits per heavy atom. The van der Waals surface area contributed by atoms with Crippen molar-refractivity contribution in [3.05, 3.63) is 18.2 Å². The minimum atomic E-state index is 0.160. The van der Waals surface area contributed by atoms with Gasteiger partial charge in [0.2, 0.25) is 0 Å². The normalized spacial score (nSPS) is 21.2. The first-order valence-corrected chi connectivity index (χ1v) is 5.92. The van der Waals surface area contributed by atoms with Gasteiger partial charge < -0.3 is 19.9 Å². The van der Waals surface area contributed by atoms with Crippen molar-refractivity contribution in [1.29, 1.82) is 0 Å². The van der Waals surface area contributed by atoms with E-state index in [9.17, 15) is 5.11 Å². The van der Waals surface area contributed by atoms with Crippen LogP contribution in [0.4, 0.5) is 5.69 Å². The lowest BCUT2D eigenvalue weighted by molar-refractivity contribution is 0.183. The number of methoxy groups -OCH3 is 1. The van der Waals surface area contributed by atoms with Gasteiger partial charge in [-0.2, -0.15) is 0 Å². The van der Waals surface area contributed by atoms with E-state index in [0.29, 0.717) is 17.7 Å². The van der Waals surface area contributed by atoms with E-state index in [4.69, 9.17) is 9.47 Å². The number of hydrogen-bond acceptors (Lipinski definition) is 4. The molecule has 1 aliphatic heterocycles. The topological polar surface area (TPSA) is 50.7 Å². The average Bonchev–Trinajstić information content (AvgIpc) is 2.82. The van der Waals surface area contributed by atoms with Gasteiger partial charge in [0.25, 0.3) is 0 Å². The molecule has 0 aliphatic carbocycles. The zero-order chi connectivity index (χ0) is 12.3. The molecule has 0 bridgehead atoms. The molecule has 1 aromatic carbocycles. The van der Waals surface area contributed by atoms with Gasteiger partial charge in [-0.25, -0.2) is 0 Å². The second-order valence-electron chi connectivity index (χ2n) is 4.44. The van der Waals surface area contributed by atoms with Crippen LogP contribution in [0.3, 0.4) is 0 Å². The number of phenols is 1. The third-order valence-electron chi connectivity index (χ3n) is 3.25. The molecule has 0 radical (unpaired) electrons. The van der Waals surface area contributed by atoms with Gasteiger partial charge in [0.05, 0.1) is 13.7 Å². The molecule has 0 saturated carbocycles. The van der Waals surface area contributed by atoms with Gasteiger partial charge in [-0.1, -0.05) is 0 Å². The molecule has 0 amide bonds. The van der Waals surface area contributed by atoms with Crippen molar-refractivity contribution in [2.45, 2.75) is 19.4 Å². The quantitative estimate of drug-likeness (QED) is 0.843. The zero-order valence-corrected chi connectivity index (χ0v) is 10.3. The summed E-state index contributed by atoms with van der Waals surface area (Å²) in [5.41, 5.74) is 0.905. The molecule has 0 spiro atoms. The monoisotopic (exact) mass is 237 g/mol. The number of phenolic OH excluding ortho intramolecular Hbond substituents is 1. The van der Waals surface area contributed by atoms with Crippen molar-refractivity contribution in [2.24, 2.45) is 5.92 Å². The third kappa shape index (κ3) is 2.82. The maximum atomic E-state index is 9.68. The summed E-state index contributed by atoms with van der Waals surface area (Å²) in [7, 11) is 1.54. The van der Waals surface area contributed by atoms with E-state index >= 15 is 0 Å². The number of hydrogen-bond donors (Lipinski definition) is 2. The number of anilines is 1. The molecule has 2 rings (SSSR count). The smallest absolute Gasteiger partial charge is 0.160 e. The van der Waals surface area contributed by atoms with Crippen LogP contribution in [0.2, 0.25) is 0 Å². The minimum Gasteiger partial charge on any atom is -0.504 e. The molecule has 94 valence electrons. The predicted molar refractivity (Wildman–Crippen MR) is 66.7 cm³/mol. The highest BCUT2D eigenvalue weighted by molar-refractivity contribution is 5.54. The van der Waals surface area contributed by atoms with Crippen molar-refractivity contribution in [3.8, 4) is 11.5 Å². The minimum absolute atomic E-state index is 0.160. The van der Waals surface area contributed by atoms with E-state index in [2.05, 4.69) is 12.2 Å². The fourth-order valence-corrected chi connectivity index (χ4v) is 2.11. The van der Waals surface area contributed by atoms with Gasteiger partial charge in [0.15, 0.2) is 11.5 Å². The summed E-state index contributed by atoms with van der Waals surface area (Å²) < 4.78 is 10.4. The first-order chi connectivity index (χ1) is 8.20. The molecule has 4 heteroatoms. The Bertz CT molecular complexity index is 375. The second kappa shape index (κ2) is 5.27. The van der Waals surface area contributed by atoms with Crippen molar-refractivity contribution < 1.29 is 14.6 Å². The summed E-state index contributed by atoms with van der Waals surface area (Å²) in [5.74, 6) is 1.19. The SMILES string of the molecule is COc1ccc(NC(C)C2CCOC2)cc1O. The maximum absolute atomic E-state index is 9.68. The summed E-state index contributed by atoms with van der Waals surface area (Å²) in [6.45, 7) is 3.81. The number of rotatable bonds is 4. The van der Waals surface area contributed by atoms with Gasteiger partial charge in [0, 0.05) is 30.3 Å². The Kier molecular flexibility index (Phi) is 3.74. The number of nitrogens with one attached hydrogen (secondary N) is 1. The van der Waals surface area contributed by atoms with Crippen LogP contribution >= 0.6 is 0 Å². The molecular weight excluding hydrogens is 218 g/mol. The van der Waals surface area contributed by atoms with Crippen LogP contribution in [0.5, 0.6) is 11.5 Å². The summed E-state index contributed by atoms with van der Waals surface area (Å²) >= 11 is 0. The highest BCUT2D eigenvalue weighted by Crippen LogP contribution is 2.29. The van der Waals surface area contributed by atoms with Gasteiger partial charge in [0.1, 0.15) is 0 Å². The molecule has 1 fully saturated rings. The Labute approximate surface area is 102 Å². The Morgan fingerprint density at radius 1 is 1.53 bits per heavy atom. The van der Waals surface area contributed by atoms with E-state index in [1.165, 1.54) is 0 Å². The van der Waals surface area contributed by atoms with Crippen molar-refractivity contribution in [2.75, 3.05) is 25.6 Å². The lowest BCUT2D eigenvalue weighted by Crippen LogP contribution is -2.26. The summed E-state index contributed by atoms with van der Waals surface area (Å²) in [4.78, 5) is 0. The number of benzene rings is 1. The fraction of sp³-hybridized carbons (Fsp3) is 0.538. The van der Waals surface area contributed by atoms with Crippen molar-refractivity contribution in [3.63, 3.8) is 0 Å². The molecule has 17 heavy (non-hydrogen) atoms. The first kappa shape index (κ1) is 12.0. The molecular formula is C13H19NO3. The van der Waals surface area contributed by atoms with Crippen LogP contribution in [-0.2, 0) is 4.74 Å². The highest BCUT2D eigenvalue weighted by atomic mass is 16.5. The van der Waals surface area contributed by atoms with E-state index < -0.39 is 0 Å². The summed E-state index contributed by atoms with van der Waals surface area (Å²) in [6, 6.07) is 5.69. The van der Waals surface area contributed by atoms with E-state index in [0.717, 1.165) is 25.3 Å². The van der Waals surface area contributed by atoms with Crippen molar-refractivity contribution in [1.82, 2.24) is 0 Å². The average molecular weight is 237 g/mol. The lowest BCUT2D eigenvalue weighted by atomic mass is 10.0. The lowest BCUT2D eigenvalue weighted by Gasteiger charge is -2.20. The van der Waals surface area contributed by atoms with Crippen LogP contribution < -0.4 is 10.1 Å². The van der Waals surface area contributed by atoms with Crippen molar-refractivity contribution >= 4 is 5.69 Å². The Balaban J connectivity index is 2.00. The highest BCUT2D eigenvalue weighted by Gasteiger charge is 2.22. The van der Waals surface area contributed by atoms with Gasteiger partial charge in [-0.05, 0) is 25.5 Å². The Hall–Kier alpha value is -1.42. The number of aromatic hydroxyl groups is 1. The number of ether oxygens (including phenoxy) is 2. The maximum Gasteiger partial charge on any atom is 0.160 e. The molecule has 2 N–H and O–H groups in total. The summed E-state index contributed by atoms with van der Waals surface area (Å²) in [5, 5.41) is 13.1. The van der Waals surface area contributed by atoms with E-state index in [1.807, 2.05) is 6.07 Å². The van der Waals surface area contributed by atoms with E-state index in [-0.39, 0.29) is 5.75 Å². The molecule has 2 atom stereocenters. The molecule has 1 saturated heterocycles. The van der Waals surface area contributed by atoms with Crippen LogP contribution in [0.25, 0.3) is 0 Å². The van der Waals surface area contributed by atoms with Crippen LogP contribution in [0.1, 0.15) is 13.3 Å². The van der Waals surface area contributed by atoms with Gasteiger partial charge >= 0.3 is 0 Å². The molecule has 4 nitrogen and oxygen atoms in total. The van der Waals surface area contributed by atoms with E-state index in [1.54, 1.807) is 19.2 Å². The Morgan fingerprint density at radius 3 is 2.94 bits per heavy atom. The molecule has 1 aliphatic rings. The molecule has 1 aromatic rings. The zero-order valence-electron chi connectivity index (χ0n) is 10.3. The summed E-state index contributed by atoms with van der Waals surface area (Å²) in [6.07, 6.45) is 1.09. The molecule has 1 heterocycles. The van der Waals surface area contributed by atoms with Gasteiger partial charge in [-0.15, -0.1) is 0 Å². The fourth-order valence-electron chi connectivity index (χ4n) is 2.11. The standard InChI is InChI=1S/C13H19NO3/c1-9(10-5-6-17-8-10)14-11-3-4-13(16-2)12(15)7-11/h3-4,7,9-10,14-15H,5-6,8H2,1-2H3. The molecule has 0 aromatic heterocycles. The largest absolute Gasteiger partial charge is 0.504 e. The van der Waals surface area contributed by atoms with Crippen LogP contribution in [0.15, 0.2) is 18.2 Å². The predicted octanol–water partition coefficient (Wildman–Crippen LogP) is 2.24. The van der Waals surface area contributed by atoms with Crippen LogP contribution in [-0.4, -0.2) is 31.5 Å². The third-order valence-corrected chi connectivity index (χ3v) is 3.25. The first-order valence-electron chi connectivity index (χ1n) is 5.92.